The molecule has 2 rings (SSSR count). The molecular formula is C10H15N3O. The number of nitrogens with two attached hydrogens (primary N) is 1. The maximum Gasteiger partial charge on any atom is 0.267 e. The van der Waals surface area contributed by atoms with Crippen LogP contribution in [0.3, 0.4) is 0 Å². The van der Waals surface area contributed by atoms with Gasteiger partial charge in [-0.3, -0.25) is 9.48 Å². The summed E-state index contributed by atoms with van der Waals surface area (Å²) in [6.07, 6.45) is 3.25. The highest BCUT2D eigenvalue weighted by atomic mass is 16.1. The summed E-state index contributed by atoms with van der Waals surface area (Å²) in [5, 5.41) is 4.34. The lowest BCUT2D eigenvalue weighted by Gasteiger charge is -2.17. The SMILES string of the molecule is CC1CCCc2nn(C)c(C(N)=O)c21. The first kappa shape index (κ1) is 9.24. The van der Waals surface area contributed by atoms with Crippen molar-refractivity contribution in [2.45, 2.75) is 32.1 Å². The molecule has 1 amide bonds. The fourth-order valence-electron chi connectivity index (χ4n) is 2.31. The molecule has 1 aliphatic carbocycles. The number of carbonyl (C=O) groups excluding carboxylic acids is 1. The molecule has 1 aromatic rings. The minimum Gasteiger partial charge on any atom is -0.364 e. The van der Waals surface area contributed by atoms with Crippen LogP contribution in [0.2, 0.25) is 0 Å². The van der Waals surface area contributed by atoms with E-state index in [2.05, 4.69) is 12.0 Å². The standard InChI is InChI=1S/C10H15N3O/c1-6-4-3-5-7-8(6)9(10(11)14)13(2)12-7/h6H,3-5H2,1-2H3,(H2,11,14). The molecule has 14 heavy (non-hydrogen) atoms. The van der Waals surface area contributed by atoms with Crippen LogP contribution in [0.5, 0.6) is 0 Å². The Morgan fingerprint density at radius 3 is 3.00 bits per heavy atom. The minimum atomic E-state index is -0.366. The van der Waals surface area contributed by atoms with Gasteiger partial charge in [-0.15, -0.1) is 0 Å². The largest absolute Gasteiger partial charge is 0.364 e. The van der Waals surface area contributed by atoms with Gasteiger partial charge in [0.1, 0.15) is 5.69 Å². The van der Waals surface area contributed by atoms with E-state index in [1.165, 1.54) is 0 Å². The number of rotatable bonds is 1. The summed E-state index contributed by atoms with van der Waals surface area (Å²) in [5.41, 5.74) is 8.07. The van der Waals surface area contributed by atoms with Crippen LogP contribution in [0.4, 0.5) is 0 Å². The Kier molecular flexibility index (Phi) is 2.06. The van der Waals surface area contributed by atoms with Crippen molar-refractivity contribution in [3.63, 3.8) is 0 Å². The highest BCUT2D eigenvalue weighted by Crippen LogP contribution is 2.32. The molecule has 1 aliphatic rings. The Bertz CT molecular complexity index is 381. The number of fused-ring (bicyclic) bond motifs is 1. The van der Waals surface area contributed by atoms with Gasteiger partial charge in [0.2, 0.25) is 0 Å². The number of carbonyl (C=O) groups is 1. The molecule has 0 radical (unpaired) electrons. The summed E-state index contributed by atoms with van der Waals surface area (Å²) in [5.74, 6) is 0.0462. The molecular weight excluding hydrogens is 178 g/mol. The van der Waals surface area contributed by atoms with Crippen molar-refractivity contribution in [2.24, 2.45) is 12.8 Å². The normalized spacial score (nSPS) is 20.6. The Morgan fingerprint density at radius 1 is 1.64 bits per heavy atom. The summed E-state index contributed by atoms with van der Waals surface area (Å²) < 4.78 is 1.62. The molecule has 1 heterocycles. The van der Waals surface area contributed by atoms with E-state index in [0.29, 0.717) is 11.6 Å². The third-order valence-corrected chi connectivity index (χ3v) is 2.94. The maximum absolute atomic E-state index is 11.3. The van der Waals surface area contributed by atoms with E-state index in [4.69, 9.17) is 5.73 Å². The summed E-state index contributed by atoms with van der Waals surface area (Å²) in [4.78, 5) is 11.3. The van der Waals surface area contributed by atoms with Crippen LogP contribution in [0.1, 0.15) is 47.4 Å². The molecule has 2 N–H and O–H groups in total. The second-order valence-corrected chi connectivity index (χ2v) is 3.99. The number of primary amides is 1. The second-order valence-electron chi connectivity index (χ2n) is 3.99. The molecule has 0 fully saturated rings. The van der Waals surface area contributed by atoms with E-state index in [1.54, 1.807) is 11.7 Å². The quantitative estimate of drug-likeness (QED) is 0.722. The number of hydrogen-bond donors (Lipinski definition) is 1. The van der Waals surface area contributed by atoms with Gasteiger partial charge in [-0.1, -0.05) is 6.92 Å². The lowest BCUT2D eigenvalue weighted by molar-refractivity contribution is 0.0990. The second kappa shape index (κ2) is 3.12. The number of aryl methyl sites for hydroxylation is 2. The zero-order chi connectivity index (χ0) is 10.3. The average Bonchev–Trinajstić information content (AvgIpc) is 2.42. The van der Waals surface area contributed by atoms with Crippen LogP contribution in [0.25, 0.3) is 0 Å². The molecule has 76 valence electrons. The van der Waals surface area contributed by atoms with Crippen molar-refractivity contribution in [2.75, 3.05) is 0 Å². The van der Waals surface area contributed by atoms with Crippen molar-refractivity contribution >= 4 is 5.91 Å². The van der Waals surface area contributed by atoms with Gasteiger partial charge < -0.3 is 5.73 Å². The smallest absolute Gasteiger partial charge is 0.267 e. The molecule has 0 spiro atoms. The maximum atomic E-state index is 11.3. The van der Waals surface area contributed by atoms with E-state index in [0.717, 1.165) is 30.5 Å². The van der Waals surface area contributed by atoms with Crippen molar-refractivity contribution in [3.8, 4) is 0 Å². The third-order valence-electron chi connectivity index (χ3n) is 2.94. The van der Waals surface area contributed by atoms with Crippen molar-refractivity contribution in [1.82, 2.24) is 9.78 Å². The molecule has 1 unspecified atom stereocenters. The molecule has 0 aliphatic heterocycles. The fraction of sp³-hybridized carbons (Fsp3) is 0.600. The van der Waals surface area contributed by atoms with E-state index in [9.17, 15) is 4.79 Å². The van der Waals surface area contributed by atoms with Gasteiger partial charge in [-0.05, 0) is 25.2 Å². The third kappa shape index (κ3) is 1.22. The topological polar surface area (TPSA) is 60.9 Å². The lowest BCUT2D eigenvalue weighted by atomic mass is 9.86. The van der Waals surface area contributed by atoms with Gasteiger partial charge >= 0.3 is 0 Å². The van der Waals surface area contributed by atoms with Crippen LogP contribution >= 0.6 is 0 Å². The van der Waals surface area contributed by atoms with E-state index >= 15 is 0 Å². The molecule has 0 saturated heterocycles. The Morgan fingerprint density at radius 2 is 2.36 bits per heavy atom. The van der Waals surface area contributed by atoms with Gasteiger partial charge in [0.05, 0.1) is 5.69 Å². The lowest BCUT2D eigenvalue weighted by Crippen LogP contribution is -2.19. The first-order chi connectivity index (χ1) is 6.61. The Balaban J connectivity index is 2.59. The van der Waals surface area contributed by atoms with Gasteiger partial charge in [0.15, 0.2) is 0 Å². The Hall–Kier alpha value is -1.32. The van der Waals surface area contributed by atoms with Crippen molar-refractivity contribution in [1.29, 1.82) is 0 Å². The van der Waals surface area contributed by atoms with Gasteiger partial charge in [0.25, 0.3) is 5.91 Å². The van der Waals surface area contributed by atoms with Crippen molar-refractivity contribution in [3.05, 3.63) is 17.0 Å². The molecule has 0 saturated carbocycles. The summed E-state index contributed by atoms with van der Waals surface area (Å²) in [6, 6.07) is 0. The molecule has 1 aromatic heterocycles. The minimum absolute atomic E-state index is 0.366. The molecule has 0 aromatic carbocycles. The van der Waals surface area contributed by atoms with Crippen LogP contribution < -0.4 is 5.73 Å². The van der Waals surface area contributed by atoms with Crippen LogP contribution in [0, 0.1) is 0 Å². The first-order valence-corrected chi connectivity index (χ1v) is 4.97. The summed E-state index contributed by atoms with van der Waals surface area (Å²) >= 11 is 0. The highest BCUT2D eigenvalue weighted by Gasteiger charge is 2.26. The monoisotopic (exact) mass is 193 g/mol. The highest BCUT2D eigenvalue weighted by molar-refractivity contribution is 5.93. The number of amides is 1. The summed E-state index contributed by atoms with van der Waals surface area (Å²) in [7, 11) is 1.78. The number of nitrogens with zero attached hydrogens (tertiary/aromatic N) is 2. The van der Waals surface area contributed by atoms with Gasteiger partial charge in [-0.25, -0.2) is 0 Å². The average molecular weight is 193 g/mol. The zero-order valence-electron chi connectivity index (χ0n) is 8.58. The Labute approximate surface area is 83.1 Å². The first-order valence-electron chi connectivity index (χ1n) is 4.97. The zero-order valence-corrected chi connectivity index (χ0v) is 8.58. The summed E-state index contributed by atoms with van der Waals surface area (Å²) in [6.45, 7) is 2.13. The number of hydrogen-bond acceptors (Lipinski definition) is 2. The predicted molar refractivity (Wildman–Crippen MR) is 53.1 cm³/mol. The molecule has 4 heteroatoms. The van der Waals surface area contributed by atoms with Crippen molar-refractivity contribution < 1.29 is 4.79 Å². The van der Waals surface area contributed by atoms with Crippen LogP contribution in [-0.4, -0.2) is 15.7 Å². The van der Waals surface area contributed by atoms with Crippen LogP contribution in [0.15, 0.2) is 0 Å². The van der Waals surface area contributed by atoms with E-state index in [1.807, 2.05) is 0 Å². The van der Waals surface area contributed by atoms with E-state index < -0.39 is 0 Å². The molecule has 1 atom stereocenters. The molecule has 0 bridgehead atoms. The number of aromatic nitrogens is 2. The van der Waals surface area contributed by atoms with Gasteiger partial charge in [0, 0.05) is 12.6 Å². The van der Waals surface area contributed by atoms with Gasteiger partial charge in [-0.2, -0.15) is 5.10 Å². The predicted octanol–water partition coefficient (Wildman–Crippen LogP) is 0.959. The van der Waals surface area contributed by atoms with E-state index in [-0.39, 0.29) is 5.91 Å². The van der Waals surface area contributed by atoms with Crippen LogP contribution in [-0.2, 0) is 13.5 Å². The molecule has 4 nitrogen and oxygen atoms in total. The fourth-order valence-corrected chi connectivity index (χ4v) is 2.31.